The van der Waals surface area contributed by atoms with Crippen LogP contribution >= 0.6 is 11.6 Å². The van der Waals surface area contributed by atoms with Gasteiger partial charge in [0, 0.05) is 40.5 Å². The van der Waals surface area contributed by atoms with Crippen LogP contribution in [0.3, 0.4) is 0 Å². The molecule has 32 heavy (non-hydrogen) atoms. The molecule has 0 aliphatic heterocycles. The lowest BCUT2D eigenvalue weighted by atomic mass is 9.91. The van der Waals surface area contributed by atoms with Gasteiger partial charge in [-0.3, -0.25) is 19.6 Å². The van der Waals surface area contributed by atoms with Crippen LogP contribution < -0.4 is 10.2 Å². The van der Waals surface area contributed by atoms with Crippen LogP contribution in [0.1, 0.15) is 37.3 Å². The minimum atomic E-state index is -2.74. The standard InChI is InChI=1S/C22H20ClF3N4O2/c23-17-4-2-1-3-16(17)20(21(32)28-14-5-7-22(25,26)8-6-14)30(12-31)15-9-13-11-27-29-19(13)18(24)10-15/h1-4,9-12,14,20H,5-8H2,(H,27,29)(H,28,32). The molecule has 1 atom stereocenters. The Labute approximate surface area is 186 Å². The Morgan fingerprint density at radius 1 is 1.28 bits per heavy atom. The van der Waals surface area contributed by atoms with Crippen molar-refractivity contribution >= 4 is 40.5 Å². The Morgan fingerprint density at radius 3 is 2.69 bits per heavy atom. The van der Waals surface area contributed by atoms with E-state index in [0.717, 1.165) is 11.0 Å². The third-order valence-electron chi connectivity index (χ3n) is 5.69. The number of anilines is 1. The fraction of sp³-hybridized carbons (Fsp3) is 0.318. The van der Waals surface area contributed by atoms with Crippen molar-refractivity contribution in [2.75, 3.05) is 4.90 Å². The second-order valence-electron chi connectivity index (χ2n) is 7.84. The number of carbonyl (C=O) groups is 2. The molecule has 2 amide bonds. The van der Waals surface area contributed by atoms with Gasteiger partial charge in [0.05, 0.1) is 6.20 Å². The quantitative estimate of drug-likeness (QED) is 0.516. The number of aromatic nitrogens is 2. The Hall–Kier alpha value is -3.07. The van der Waals surface area contributed by atoms with Crippen LogP contribution in [-0.4, -0.2) is 34.5 Å². The summed E-state index contributed by atoms with van der Waals surface area (Å²) < 4.78 is 41.6. The summed E-state index contributed by atoms with van der Waals surface area (Å²) in [6, 6.07) is 7.44. The van der Waals surface area contributed by atoms with Gasteiger partial charge in [-0.2, -0.15) is 5.10 Å². The highest BCUT2D eigenvalue weighted by Crippen LogP contribution is 2.35. The fourth-order valence-corrected chi connectivity index (χ4v) is 4.24. The molecule has 3 aromatic rings. The molecule has 1 unspecified atom stereocenters. The Morgan fingerprint density at radius 2 is 2.00 bits per heavy atom. The smallest absolute Gasteiger partial charge is 0.248 e. The number of alkyl halides is 2. The number of hydrogen-bond acceptors (Lipinski definition) is 3. The first-order valence-electron chi connectivity index (χ1n) is 10.1. The van der Waals surface area contributed by atoms with E-state index in [-0.39, 0.29) is 41.9 Å². The van der Waals surface area contributed by atoms with Gasteiger partial charge in [0.25, 0.3) is 0 Å². The fourth-order valence-electron chi connectivity index (χ4n) is 4.00. The molecule has 1 fully saturated rings. The van der Waals surface area contributed by atoms with Crippen molar-refractivity contribution in [3.63, 3.8) is 0 Å². The molecule has 0 spiro atoms. The van der Waals surface area contributed by atoms with Gasteiger partial charge in [-0.1, -0.05) is 29.8 Å². The largest absolute Gasteiger partial charge is 0.351 e. The molecule has 1 heterocycles. The van der Waals surface area contributed by atoms with Crippen LogP contribution in [0.15, 0.2) is 42.6 Å². The molecule has 1 aliphatic rings. The van der Waals surface area contributed by atoms with E-state index in [1.807, 2.05) is 0 Å². The summed E-state index contributed by atoms with van der Waals surface area (Å²) in [6.45, 7) is 0. The molecule has 0 saturated heterocycles. The van der Waals surface area contributed by atoms with E-state index in [9.17, 15) is 22.8 Å². The van der Waals surface area contributed by atoms with Gasteiger partial charge in [0.1, 0.15) is 11.6 Å². The zero-order valence-electron chi connectivity index (χ0n) is 16.8. The first kappa shape index (κ1) is 22.1. The first-order valence-corrected chi connectivity index (χ1v) is 10.5. The number of nitrogens with zero attached hydrogens (tertiary/aromatic N) is 2. The molecule has 2 aromatic carbocycles. The lowest BCUT2D eigenvalue weighted by Crippen LogP contribution is -2.46. The maximum Gasteiger partial charge on any atom is 0.248 e. The highest BCUT2D eigenvalue weighted by molar-refractivity contribution is 6.31. The van der Waals surface area contributed by atoms with Gasteiger partial charge in [0.2, 0.25) is 18.2 Å². The molecule has 6 nitrogen and oxygen atoms in total. The van der Waals surface area contributed by atoms with E-state index in [2.05, 4.69) is 15.5 Å². The van der Waals surface area contributed by atoms with Gasteiger partial charge in [-0.15, -0.1) is 0 Å². The number of nitrogens with one attached hydrogen (secondary N) is 2. The van der Waals surface area contributed by atoms with Crippen LogP contribution in [0.5, 0.6) is 0 Å². The van der Waals surface area contributed by atoms with Crippen LogP contribution in [0.4, 0.5) is 18.9 Å². The Balaban J connectivity index is 1.70. The molecule has 2 N–H and O–H groups in total. The van der Waals surface area contributed by atoms with Crippen LogP contribution in [0.2, 0.25) is 5.02 Å². The number of H-pyrrole nitrogens is 1. The molecular formula is C22H20ClF3N4O2. The number of halogens is 4. The van der Waals surface area contributed by atoms with Crippen molar-refractivity contribution in [2.24, 2.45) is 0 Å². The molecular weight excluding hydrogens is 445 g/mol. The summed E-state index contributed by atoms with van der Waals surface area (Å²) in [5.74, 6) is -3.97. The van der Waals surface area contributed by atoms with E-state index in [0.29, 0.717) is 17.4 Å². The number of rotatable bonds is 6. The summed E-state index contributed by atoms with van der Waals surface area (Å²) in [4.78, 5) is 26.6. The zero-order valence-corrected chi connectivity index (χ0v) is 17.6. The van der Waals surface area contributed by atoms with E-state index in [1.165, 1.54) is 12.3 Å². The number of fused-ring (bicyclic) bond motifs is 1. The zero-order chi connectivity index (χ0) is 22.9. The highest BCUT2D eigenvalue weighted by Gasteiger charge is 2.37. The van der Waals surface area contributed by atoms with Gasteiger partial charge >= 0.3 is 0 Å². The Kier molecular flexibility index (Phi) is 6.10. The van der Waals surface area contributed by atoms with Crippen LogP contribution in [-0.2, 0) is 9.59 Å². The summed E-state index contributed by atoms with van der Waals surface area (Å²) in [5.41, 5.74) is 0.621. The topological polar surface area (TPSA) is 78.1 Å². The third-order valence-corrected chi connectivity index (χ3v) is 6.03. The SMILES string of the molecule is O=CN(c1cc(F)c2[nH]ncc2c1)C(C(=O)NC1CCC(F)(F)CC1)c1ccccc1Cl. The minimum Gasteiger partial charge on any atom is -0.351 e. The lowest BCUT2D eigenvalue weighted by Gasteiger charge is -2.33. The van der Waals surface area contributed by atoms with Crippen molar-refractivity contribution in [3.8, 4) is 0 Å². The molecule has 1 saturated carbocycles. The minimum absolute atomic E-state index is 0.116. The van der Waals surface area contributed by atoms with Crippen LogP contribution in [0, 0.1) is 5.82 Å². The van der Waals surface area contributed by atoms with E-state index < -0.39 is 29.7 Å². The maximum atomic E-state index is 14.6. The van der Waals surface area contributed by atoms with Gasteiger partial charge in [-0.05, 0) is 31.0 Å². The van der Waals surface area contributed by atoms with Crippen molar-refractivity contribution in [1.82, 2.24) is 15.5 Å². The molecule has 168 valence electrons. The molecule has 0 radical (unpaired) electrons. The summed E-state index contributed by atoms with van der Waals surface area (Å²) in [5, 5.41) is 9.75. The van der Waals surface area contributed by atoms with Crippen LogP contribution in [0.25, 0.3) is 10.9 Å². The lowest BCUT2D eigenvalue weighted by molar-refractivity contribution is -0.125. The monoisotopic (exact) mass is 464 g/mol. The molecule has 0 bridgehead atoms. The predicted molar refractivity (Wildman–Crippen MR) is 114 cm³/mol. The molecule has 1 aromatic heterocycles. The predicted octanol–water partition coefficient (Wildman–Crippen LogP) is 4.75. The summed E-state index contributed by atoms with van der Waals surface area (Å²) in [7, 11) is 0. The first-order chi connectivity index (χ1) is 15.3. The number of amides is 2. The molecule has 1 aliphatic carbocycles. The highest BCUT2D eigenvalue weighted by atomic mass is 35.5. The average Bonchev–Trinajstić information content (AvgIpc) is 3.23. The summed E-state index contributed by atoms with van der Waals surface area (Å²) in [6.07, 6.45) is 1.40. The van der Waals surface area contributed by atoms with Gasteiger partial charge in [-0.25, -0.2) is 13.2 Å². The van der Waals surface area contributed by atoms with E-state index in [4.69, 9.17) is 11.6 Å². The number of benzene rings is 2. The average molecular weight is 465 g/mol. The second-order valence-corrected chi connectivity index (χ2v) is 8.24. The Bertz CT molecular complexity index is 1140. The third kappa shape index (κ3) is 4.43. The van der Waals surface area contributed by atoms with Crippen molar-refractivity contribution < 1.29 is 22.8 Å². The van der Waals surface area contributed by atoms with E-state index >= 15 is 0 Å². The van der Waals surface area contributed by atoms with Gasteiger partial charge in [0.15, 0.2) is 5.82 Å². The number of carbonyl (C=O) groups excluding carboxylic acids is 2. The van der Waals surface area contributed by atoms with Gasteiger partial charge < -0.3 is 5.32 Å². The number of aromatic amines is 1. The maximum absolute atomic E-state index is 14.6. The van der Waals surface area contributed by atoms with E-state index in [1.54, 1.807) is 24.3 Å². The second kappa shape index (κ2) is 8.82. The molecule has 10 heteroatoms. The summed E-state index contributed by atoms with van der Waals surface area (Å²) >= 11 is 6.33. The van der Waals surface area contributed by atoms with Crippen molar-refractivity contribution in [1.29, 1.82) is 0 Å². The molecule has 4 rings (SSSR count). The normalized spacial score (nSPS) is 17.1. The van der Waals surface area contributed by atoms with Crippen molar-refractivity contribution in [3.05, 3.63) is 59.0 Å². The van der Waals surface area contributed by atoms with Crippen molar-refractivity contribution in [2.45, 2.75) is 43.7 Å². The number of hydrogen-bond donors (Lipinski definition) is 2.